The number of hydrogen-bond donors (Lipinski definition) is 2. The first kappa shape index (κ1) is 19.4. The number of nitrogens with one attached hydrogen (secondary N) is 2. The number of rotatable bonds is 6. The third-order valence-corrected chi connectivity index (χ3v) is 4.45. The molecule has 2 heterocycles. The van der Waals surface area contributed by atoms with Crippen molar-refractivity contribution >= 4 is 11.8 Å². The smallest absolute Gasteiger partial charge is 0.309 e. The SMILES string of the molecule is Cc1ccc(CNC(=O)C(=O)NCC(c2ccco2)n2nc(C)cc2C)cc1. The lowest BCUT2D eigenvalue weighted by atomic mass is 10.1. The Morgan fingerprint density at radius 1 is 1.07 bits per heavy atom. The molecule has 2 amide bonds. The molecule has 146 valence electrons. The van der Waals surface area contributed by atoms with Crippen LogP contribution < -0.4 is 10.6 Å². The molecule has 1 unspecified atom stereocenters. The molecular weight excluding hydrogens is 356 g/mol. The molecule has 7 heteroatoms. The maximum atomic E-state index is 12.2. The minimum absolute atomic E-state index is 0.187. The van der Waals surface area contributed by atoms with Crippen molar-refractivity contribution in [3.05, 3.63) is 77.0 Å². The highest BCUT2D eigenvalue weighted by Crippen LogP contribution is 2.20. The van der Waals surface area contributed by atoms with E-state index in [1.165, 1.54) is 0 Å². The van der Waals surface area contributed by atoms with Crippen LogP contribution in [0.25, 0.3) is 0 Å². The van der Waals surface area contributed by atoms with E-state index in [0.717, 1.165) is 22.5 Å². The second kappa shape index (κ2) is 8.56. The van der Waals surface area contributed by atoms with Crippen molar-refractivity contribution in [2.24, 2.45) is 0 Å². The summed E-state index contributed by atoms with van der Waals surface area (Å²) in [5, 5.41) is 9.79. The van der Waals surface area contributed by atoms with Gasteiger partial charge in [0.05, 0.1) is 12.0 Å². The molecule has 28 heavy (non-hydrogen) atoms. The number of carbonyl (C=O) groups excluding carboxylic acids is 2. The van der Waals surface area contributed by atoms with E-state index in [2.05, 4.69) is 15.7 Å². The Hall–Kier alpha value is -3.35. The van der Waals surface area contributed by atoms with Gasteiger partial charge in [0.25, 0.3) is 0 Å². The van der Waals surface area contributed by atoms with E-state index in [0.29, 0.717) is 12.3 Å². The van der Waals surface area contributed by atoms with Gasteiger partial charge in [-0.1, -0.05) is 29.8 Å². The average Bonchev–Trinajstić information content (AvgIpc) is 3.31. The zero-order chi connectivity index (χ0) is 20.1. The molecule has 0 aliphatic carbocycles. The Balaban J connectivity index is 1.61. The van der Waals surface area contributed by atoms with Crippen molar-refractivity contribution in [2.75, 3.05) is 6.54 Å². The Labute approximate surface area is 163 Å². The van der Waals surface area contributed by atoms with E-state index in [-0.39, 0.29) is 12.6 Å². The van der Waals surface area contributed by atoms with Crippen molar-refractivity contribution in [2.45, 2.75) is 33.4 Å². The molecule has 0 bridgehead atoms. The zero-order valence-corrected chi connectivity index (χ0v) is 16.2. The molecule has 1 aromatic carbocycles. The van der Waals surface area contributed by atoms with E-state index in [9.17, 15) is 9.59 Å². The Morgan fingerprint density at radius 3 is 2.39 bits per heavy atom. The number of hydrogen-bond acceptors (Lipinski definition) is 4. The van der Waals surface area contributed by atoms with Crippen LogP contribution >= 0.6 is 0 Å². The van der Waals surface area contributed by atoms with Gasteiger partial charge in [0.1, 0.15) is 11.8 Å². The third kappa shape index (κ3) is 4.68. The number of benzene rings is 1. The standard InChI is InChI=1S/C21H24N4O3/c1-14-6-8-17(9-7-14)12-22-20(26)21(27)23-13-18(19-5-4-10-28-19)25-16(3)11-15(2)24-25/h4-11,18H,12-13H2,1-3H3,(H,22,26)(H,23,27). The molecule has 2 N–H and O–H groups in total. The van der Waals surface area contributed by atoms with Crippen LogP contribution in [0.1, 0.15) is 34.3 Å². The van der Waals surface area contributed by atoms with Gasteiger partial charge in [-0.15, -0.1) is 0 Å². The maximum Gasteiger partial charge on any atom is 0.309 e. The highest BCUT2D eigenvalue weighted by molar-refractivity contribution is 6.35. The summed E-state index contributed by atoms with van der Waals surface area (Å²) in [5.74, 6) is -0.705. The molecule has 0 radical (unpaired) electrons. The Kier molecular flexibility index (Phi) is 5.93. The Bertz CT molecular complexity index is 943. The van der Waals surface area contributed by atoms with Gasteiger partial charge in [-0.25, -0.2) is 0 Å². The lowest BCUT2D eigenvalue weighted by molar-refractivity contribution is -0.139. The van der Waals surface area contributed by atoms with Crippen LogP contribution in [0.5, 0.6) is 0 Å². The van der Waals surface area contributed by atoms with Crippen molar-refractivity contribution in [1.29, 1.82) is 0 Å². The molecule has 0 saturated carbocycles. The molecule has 3 rings (SSSR count). The van der Waals surface area contributed by atoms with Crippen LogP contribution in [0.15, 0.2) is 53.1 Å². The lowest BCUT2D eigenvalue weighted by Crippen LogP contribution is -2.42. The molecular formula is C21H24N4O3. The van der Waals surface area contributed by atoms with E-state index in [1.807, 2.05) is 57.2 Å². The van der Waals surface area contributed by atoms with Crippen molar-refractivity contribution in [3.8, 4) is 0 Å². The van der Waals surface area contributed by atoms with E-state index < -0.39 is 11.8 Å². The minimum Gasteiger partial charge on any atom is -0.467 e. The molecule has 7 nitrogen and oxygen atoms in total. The summed E-state index contributed by atoms with van der Waals surface area (Å²) in [6, 6.07) is 13.0. The first-order valence-corrected chi connectivity index (χ1v) is 9.12. The van der Waals surface area contributed by atoms with E-state index in [1.54, 1.807) is 17.0 Å². The van der Waals surface area contributed by atoms with Gasteiger partial charge in [-0.3, -0.25) is 14.3 Å². The molecule has 3 aromatic rings. The van der Waals surface area contributed by atoms with Gasteiger partial charge >= 0.3 is 11.8 Å². The van der Waals surface area contributed by atoms with Crippen molar-refractivity contribution in [3.63, 3.8) is 0 Å². The number of aryl methyl sites for hydroxylation is 3. The summed E-state index contributed by atoms with van der Waals surface area (Å²) in [5.41, 5.74) is 3.89. The van der Waals surface area contributed by atoms with E-state index >= 15 is 0 Å². The third-order valence-electron chi connectivity index (χ3n) is 4.45. The number of aromatic nitrogens is 2. The van der Waals surface area contributed by atoms with Crippen LogP contribution in [-0.2, 0) is 16.1 Å². The number of nitrogens with zero attached hydrogens (tertiary/aromatic N) is 2. The molecule has 0 saturated heterocycles. The predicted octanol–water partition coefficient (Wildman–Crippen LogP) is 2.42. The van der Waals surface area contributed by atoms with Crippen LogP contribution in [0.3, 0.4) is 0 Å². The fourth-order valence-electron chi connectivity index (χ4n) is 2.99. The van der Waals surface area contributed by atoms with Crippen molar-refractivity contribution in [1.82, 2.24) is 20.4 Å². The quantitative estimate of drug-likeness (QED) is 0.643. The second-order valence-electron chi connectivity index (χ2n) is 6.78. The molecule has 2 aromatic heterocycles. The summed E-state index contributed by atoms with van der Waals surface area (Å²) < 4.78 is 7.30. The normalized spacial score (nSPS) is 11.8. The molecule has 0 spiro atoms. The summed E-state index contributed by atoms with van der Waals surface area (Å²) in [7, 11) is 0. The van der Waals surface area contributed by atoms with Crippen LogP contribution in [0, 0.1) is 20.8 Å². The monoisotopic (exact) mass is 380 g/mol. The largest absolute Gasteiger partial charge is 0.467 e. The van der Waals surface area contributed by atoms with Gasteiger partial charge in [0.2, 0.25) is 0 Å². The minimum atomic E-state index is -0.690. The average molecular weight is 380 g/mol. The maximum absolute atomic E-state index is 12.2. The summed E-state index contributed by atoms with van der Waals surface area (Å²) >= 11 is 0. The fraction of sp³-hybridized carbons (Fsp3) is 0.286. The highest BCUT2D eigenvalue weighted by Gasteiger charge is 2.22. The van der Waals surface area contributed by atoms with Gasteiger partial charge in [0.15, 0.2) is 0 Å². The van der Waals surface area contributed by atoms with Crippen LogP contribution in [0.4, 0.5) is 0 Å². The first-order valence-electron chi connectivity index (χ1n) is 9.12. The van der Waals surface area contributed by atoms with E-state index in [4.69, 9.17) is 4.42 Å². The molecule has 0 fully saturated rings. The number of furan rings is 1. The van der Waals surface area contributed by atoms with Gasteiger partial charge in [0, 0.05) is 18.8 Å². The molecule has 1 atom stereocenters. The lowest BCUT2D eigenvalue weighted by Gasteiger charge is -2.18. The summed E-state index contributed by atoms with van der Waals surface area (Å²) in [4.78, 5) is 24.4. The first-order chi connectivity index (χ1) is 13.4. The fourth-order valence-corrected chi connectivity index (χ4v) is 2.99. The van der Waals surface area contributed by atoms with Crippen LogP contribution in [0.2, 0.25) is 0 Å². The molecule has 0 aliphatic heterocycles. The topological polar surface area (TPSA) is 89.2 Å². The zero-order valence-electron chi connectivity index (χ0n) is 16.2. The van der Waals surface area contributed by atoms with Gasteiger partial charge < -0.3 is 15.1 Å². The highest BCUT2D eigenvalue weighted by atomic mass is 16.3. The molecule has 0 aliphatic rings. The number of carbonyl (C=O) groups is 2. The van der Waals surface area contributed by atoms with Crippen molar-refractivity contribution < 1.29 is 14.0 Å². The predicted molar refractivity (Wildman–Crippen MR) is 105 cm³/mol. The number of amides is 2. The van der Waals surface area contributed by atoms with Gasteiger partial charge in [-0.05, 0) is 44.5 Å². The summed E-state index contributed by atoms with van der Waals surface area (Å²) in [6.45, 7) is 6.32. The van der Waals surface area contributed by atoms with Gasteiger partial charge in [-0.2, -0.15) is 5.10 Å². The second-order valence-corrected chi connectivity index (χ2v) is 6.78. The van der Waals surface area contributed by atoms with Crippen LogP contribution in [-0.4, -0.2) is 28.1 Å². The summed E-state index contributed by atoms with van der Waals surface area (Å²) in [6.07, 6.45) is 1.57. The Morgan fingerprint density at radius 2 is 1.79 bits per heavy atom.